The lowest BCUT2D eigenvalue weighted by Crippen LogP contribution is -2.20. The Labute approximate surface area is 152 Å². The van der Waals surface area contributed by atoms with Crippen LogP contribution in [0.25, 0.3) is 0 Å². The minimum atomic E-state index is -0.561. The van der Waals surface area contributed by atoms with Gasteiger partial charge in [0.2, 0.25) is 0 Å². The molecule has 1 aromatic heterocycles. The predicted molar refractivity (Wildman–Crippen MR) is 94.5 cm³/mol. The molecule has 7 nitrogen and oxygen atoms in total. The summed E-state index contributed by atoms with van der Waals surface area (Å²) in [6, 6.07) is 6.64. The summed E-state index contributed by atoms with van der Waals surface area (Å²) in [6.07, 6.45) is 0. The van der Waals surface area contributed by atoms with E-state index < -0.39 is 11.9 Å². The number of carbonyl (C=O) groups excluding carboxylic acids is 2. The van der Waals surface area contributed by atoms with Crippen molar-refractivity contribution in [3.63, 3.8) is 0 Å². The molecule has 0 atom stereocenters. The largest absolute Gasteiger partial charge is 0.460 e. The molecule has 0 saturated carbocycles. The first-order valence-electron chi connectivity index (χ1n) is 7.01. The molecule has 0 spiro atoms. The van der Waals surface area contributed by atoms with Gasteiger partial charge >= 0.3 is 5.97 Å². The van der Waals surface area contributed by atoms with Gasteiger partial charge in [-0.2, -0.15) is 5.10 Å². The Kier molecular flexibility index (Phi) is 6.36. The summed E-state index contributed by atoms with van der Waals surface area (Å²) in [5.74, 6) is -0.811. The van der Waals surface area contributed by atoms with E-state index >= 15 is 0 Å². The van der Waals surface area contributed by atoms with Crippen LogP contribution in [0.5, 0.6) is 0 Å². The minimum absolute atomic E-state index is 0.128. The molecule has 0 aliphatic carbocycles. The van der Waals surface area contributed by atoms with Gasteiger partial charge in [0.15, 0.2) is 11.5 Å². The molecular formula is C15H16BrClN4O3. The number of rotatable bonds is 6. The fourth-order valence-electron chi connectivity index (χ4n) is 1.76. The number of likely N-dealkylation sites (N-methyl/N-ethyl adjacent to an activating group) is 1. The zero-order valence-corrected chi connectivity index (χ0v) is 15.4. The van der Waals surface area contributed by atoms with Crippen LogP contribution in [0.15, 0.2) is 28.7 Å². The number of hydrogen-bond acceptors (Lipinski definition) is 5. The van der Waals surface area contributed by atoms with E-state index in [0.29, 0.717) is 21.6 Å². The average Bonchev–Trinajstić information content (AvgIpc) is 2.88. The van der Waals surface area contributed by atoms with Crippen LogP contribution in [0.2, 0.25) is 5.02 Å². The zero-order chi connectivity index (χ0) is 17.7. The topological polar surface area (TPSA) is 87.3 Å². The van der Waals surface area contributed by atoms with Gasteiger partial charge in [0.1, 0.15) is 6.61 Å². The summed E-state index contributed by atoms with van der Waals surface area (Å²) in [7, 11) is 3.75. The number of halogens is 2. The molecule has 0 radical (unpaired) electrons. The van der Waals surface area contributed by atoms with Crippen molar-refractivity contribution in [1.82, 2.24) is 15.1 Å². The van der Waals surface area contributed by atoms with Crippen LogP contribution in [0.3, 0.4) is 0 Å². The predicted octanol–water partition coefficient (Wildman–Crippen LogP) is 2.80. The van der Waals surface area contributed by atoms with E-state index in [9.17, 15) is 9.59 Å². The maximum atomic E-state index is 12.2. The molecule has 2 N–H and O–H groups in total. The molecule has 0 fully saturated rings. The molecule has 1 amide bonds. The number of esters is 1. The summed E-state index contributed by atoms with van der Waals surface area (Å²) in [4.78, 5) is 26.1. The second-order valence-corrected chi connectivity index (χ2v) is 6.33. The van der Waals surface area contributed by atoms with E-state index in [2.05, 4.69) is 31.4 Å². The van der Waals surface area contributed by atoms with Gasteiger partial charge in [-0.25, -0.2) is 4.79 Å². The van der Waals surface area contributed by atoms with Crippen LogP contribution < -0.4 is 5.32 Å². The highest BCUT2D eigenvalue weighted by molar-refractivity contribution is 9.10. The molecule has 0 bridgehead atoms. The number of ether oxygens (including phenoxy) is 1. The number of benzene rings is 1. The lowest BCUT2D eigenvalue weighted by molar-refractivity contribution is 0.0473. The minimum Gasteiger partial charge on any atom is -0.460 e. The van der Waals surface area contributed by atoms with E-state index in [1.807, 2.05) is 19.0 Å². The Bertz CT molecular complexity index is 748. The summed E-state index contributed by atoms with van der Waals surface area (Å²) >= 11 is 9.22. The van der Waals surface area contributed by atoms with E-state index in [1.165, 1.54) is 0 Å². The lowest BCUT2D eigenvalue weighted by atomic mass is 10.2. The van der Waals surface area contributed by atoms with Gasteiger partial charge < -0.3 is 15.0 Å². The maximum absolute atomic E-state index is 12.2. The van der Waals surface area contributed by atoms with Crippen LogP contribution in [-0.2, 0) is 4.74 Å². The summed E-state index contributed by atoms with van der Waals surface area (Å²) in [6.45, 7) is 0.853. The SMILES string of the molecule is CN(C)CCOC(=O)c1[nH]nc(NC(=O)c2ccccc2Cl)c1Br. The normalized spacial score (nSPS) is 10.7. The van der Waals surface area contributed by atoms with Gasteiger partial charge in [-0.05, 0) is 42.2 Å². The lowest BCUT2D eigenvalue weighted by Gasteiger charge is -2.09. The standard InChI is InChI=1S/C15H16BrClN4O3/c1-21(2)7-8-24-15(23)12-11(16)13(20-19-12)18-14(22)9-5-3-4-6-10(9)17/h3-6H,7-8H2,1-2H3,(H2,18,19,20,22). The van der Waals surface area contributed by atoms with Gasteiger partial charge in [0.05, 0.1) is 15.1 Å². The molecule has 1 heterocycles. The second kappa shape index (κ2) is 8.27. The molecule has 0 aliphatic rings. The van der Waals surface area contributed by atoms with Crippen molar-refractivity contribution >= 4 is 45.2 Å². The van der Waals surface area contributed by atoms with Crippen LogP contribution >= 0.6 is 27.5 Å². The number of amides is 1. The number of H-pyrrole nitrogens is 1. The van der Waals surface area contributed by atoms with Crippen molar-refractivity contribution < 1.29 is 14.3 Å². The Morgan fingerprint density at radius 1 is 1.38 bits per heavy atom. The number of nitrogens with one attached hydrogen (secondary N) is 2. The van der Waals surface area contributed by atoms with E-state index in [1.54, 1.807) is 24.3 Å². The quantitative estimate of drug-likeness (QED) is 0.708. The first-order chi connectivity index (χ1) is 11.4. The molecule has 24 heavy (non-hydrogen) atoms. The number of nitrogens with zero attached hydrogens (tertiary/aromatic N) is 2. The number of aromatic amines is 1. The van der Waals surface area contributed by atoms with Crippen LogP contribution in [-0.4, -0.2) is 54.2 Å². The molecule has 9 heteroatoms. The maximum Gasteiger partial charge on any atom is 0.357 e. The van der Waals surface area contributed by atoms with Crippen molar-refractivity contribution in [2.75, 3.05) is 32.6 Å². The molecule has 2 rings (SSSR count). The van der Waals surface area contributed by atoms with E-state index in [4.69, 9.17) is 16.3 Å². The van der Waals surface area contributed by atoms with Crippen LogP contribution in [0.1, 0.15) is 20.8 Å². The Hall–Kier alpha value is -1.90. The third-order valence-electron chi connectivity index (χ3n) is 3.03. The Morgan fingerprint density at radius 2 is 2.08 bits per heavy atom. The van der Waals surface area contributed by atoms with Crippen LogP contribution in [0, 0.1) is 0 Å². The second-order valence-electron chi connectivity index (χ2n) is 5.13. The Morgan fingerprint density at radius 3 is 2.75 bits per heavy atom. The van der Waals surface area contributed by atoms with Gasteiger partial charge in [0.25, 0.3) is 5.91 Å². The van der Waals surface area contributed by atoms with E-state index in [-0.39, 0.29) is 18.1 Å². The van der Waals surface area contributed by atoms with Gasteiger partial charge in [0, 0.05) is 6.54 Å². The fraction of sp³-hybridized carbons (Fsp3) is 0.267. The average molecular weight is 416 g/mol. The van der Waals surface area contributed by atoms with E-state index in [0.717, 1.165) is 0 Å². The molecule has 0 aliphatic heterocycles. The Balaban J connectivity index is 2.06. The van der Waals surface area contributed by atoms with Crippen molar-refractivity contribution in [3.8, 4) is 0 Å². The molecule has 128 valence electrons. The smallest absolute Gasteiger partial charge is 0.357 e. The molecule has 1 aromatic carbocycles. The first kappa shape index (κ1) is 18.4. The van der Waals surface area contributed by atoms with Crippen molar-refractivity contribution in [2.24, 2.45) is 0 Å². The first-order valence-corrected chi connectivity index (χ1v) is 8.19. The molecule has 0 unspecified atom stereocenters. The number of aromatic nitrogens is 2. The van der Waals surface area contributed by atoms with Crippen molar-refractivity contribution in [3.05, 3.63) is 45.0 Å². The van der Waals surface area contributed by atoms with Gasteiger partial charge in [-0.1, -0.05) is 23.7 Å². The van der Waals surface area contributed by atoms with Gasteiger partial charge in [-0.15, -0.1) is 0 Å². The summed E-state index contributed by atoms with van der Waals surface area (Å²) in [5, 5.41) is 9.38. The summed E-state index contributed by atoms with van der Waals surface area (Å²) < 4.78 is 5.44. The number of anilines is 1. The monoisotopic (exact) mass is 414 g/mol. The van der Waals surface area contributed by atoms with Crippen molar-refractivity contribution in [1.29, 1.82) is 0 Å². The van der Waals surface area contributed by atoms with Gasteiger partial charge in [-0.3, -0.25) is 9.89 Å². The van der Waals surface area contributed by atoms with Crippen LogP contribution in [0.4, 0.5) is 5.82 Å². The highest BCUT2D eigenvalue weighted by Crippen LogP contribution is 2.25. The van der Waals surface area contributed by atoms with Crippen molar-refractivity contribution in [2.45, 2.75) is 0 Å². The highest BCUT2D eigenvalue weighted by atomic mass is 79.9. The molecule has 2 aromatic rings. The zero-order valence-electron chi connectivity index (χ0n) is 13.1. The molecule has 0 saturated heterocycles. The number of carbonyl (C=O) groups is 2. The third-order valence-corrected chi connectivity index (χ3v) is 4.13. The molecular weight excluding hydrogens is 400 g/mol. The third kappa shape index (κ3) is 4.56. The fourth-order valence-corrected chi connectivity index (χ4v) is 2.42. The number of hydrogen-bond donors (Lipinski definition) is 2. The highest BCUT2D eigenvalue weighted by Gasteiger charge is 2.21. The summed E-state index contributed by atoms with van der Waals surface area (Å²) in [5.41, 5.74) is 0.437.